The van der Waals surface area contributed by atoms with E-state index < -0.39 is 5.82 Å². The zero-order chi connectivity index (χ0) is 12.8. The monoisotopic (exact) mass is 235 g/mol. The van der Waals surface area contributed by atoms with Crippen molar-refractivity contribution in [2.75, 3.05) is 25.5 Å². The quantitative estimate of drug-likeness (QED) is 0.855. The SMILES string of the molecule is CNC(=O)CCN(C)c1cccc(F)c1C#N. The smallest absolute Gasteiger partial charge is 0.221 e. The number of benzene rings is 1. The third-order valence-corrected chi connectivity index (χ3v) is 2.47. The van der Waals surface area contributed by atoms with E-state index in [1.807, 2.05) is 6.07 Å². The van der Waals surface area contributed by atoms with E-state index >= 15 is 0 Å². The number of hydrogen-bond donors (Lipinski definition) is 1. The molecule has 1 N–H and O–H groups in total. The van der Waals surface area contributed by atoms with Gasteiger partial charge in [0, 0.05) is 27.1 Å². The summed E-state index contributed by atoms with van der Waals surface area (Å²) in [5, 5.41) is 11.4. The number of anilines is 1. The maximum Gasteiger partial charge on any atom is 0.221 e. The molecule has 1 amide bonds. The zero-order valence-corrected chi connectivity index (χ0v) is 9.83. The first kappa shape index (κ1) is 13.0. The van der Waals surface area contributed by atoms with Crippen molar-refractivity contribution in [1.29, 1.82) is 5.26 Å². The van der Waals surface area contributed by atoms with E-state index in [0.29, 0.717) is 18.7 Å². The van der Waals surface area contributed by atoms with E-state index in [0.717, 1.165) is 0 Å². The van der Waals surface area contributed by atoms with Gasteiger partial charge >= 0.3 is 0 Å². The van der Waals surface area contributed by atoms with Gasteiger partial charge in [-0.3, -0.25) is 4.79 Å². The predicted octanol–water partition coefficient (Wildman–Crippen LogP) is 1.27. The second-order valence-corrected chi connectivity index (χ2v) is 3.59. The molecule has 0 saturated carbocycles. The van der Waals surface area contributed by atoms with Gasteiger partial charge in [-0.15, -0.1) is 0 Å². The molecule has 0 aliphatic rings. The van der Waals surface area contributed by atoms with Gasteiger partial charge in [0.1, 0.15) is 17.4 Å². The normalized spacial score (nSPS) is 9.53. The molecular formula is C12H14FN3O. The molecule has 0 aliphatic heterocycles. The van der Waals surface area contributed by atoms with E-state index in [2.05, 4.69) is 5.32 Å². The van der Waals surface area contributed by atoms with E-state index in [9.17, 15) is 9.18 Å². The van der Waals surface area contributed by atoms with Crippen molar-refractivity contribution in [3.05, 3.63) is 29.6 Å². The highest BCUT2D eigenvalue weighted by Crippen LogP contribution is 2.21. The maximum absolute atomic E-state index is 13.3. The number of halogens is 1. The number of rotatable bonds is 4. The molecule has 1 aromatic carbocycles. The lowest BCUT2D eigenvalue weighted by molar-refractivity contribution is -0.120. The van der Waals surface area contributed by atoms with Gasteiger partial charge in [-0.05, 0) is 12.1 Å². The minimum atomic E-state index is -0.545. The van der Waals surface area contributed by atoms with Crippen LogP contribution in [0.4, 0.5) is 10.1 Å². The molecule has 0 heterocycles. The molecule has 0 bridgehead atoms. The molecule has 90 valence electrons. The number of nitrogens with one attached hydrogen (secondary N) is 1. The van der Waals surface area contributed by atoms with Crippen molar-refractivity contribution < 1.29 is 9.18 Å². The molecule has 0 saturated heterocycles. The third-order valence-electron chi connectivity index (χ3n) is 2.47. The molecule has 0 aliphatic carbocycles. The Morgan fingerprint density at radius 2 is 2.29 bits per heavy atom. The van der Waals surface area contributed by atoms with Crippen molar-refractivity contribution >= 4 is 11.6 Å². The van der Waals surface area contributed by atoms with Crippen LogP contribution >= 0.6 is 0 Å². The fourth-order valence-corrected chi connectivity index (χ4v) is 1.46. The average Bonchev–Trinajstić information content (AvgIpc) is 2.35. The van der Waals surface area contributed by atoms with Crippen LogP contribution in [-0.4, -0.2) is 26.5 Å². The molecule has 0 atom stereocenters. The van der Waals surface area contributed by atoms with E-state index in [4.69, 9.17) is 5.26 Å². The Labute approximate surface area is 99.7 Å². The Morgan fingerprint density at radius 1 is 1.59 bits per heavy atom. The van der Waals surface area contributed by atoms with Crippen molar-refractivity contribution in [2.45, 2.75) is 6.42 Å². The van der Waals surface area contributed by atoms with Gasteiger partial charge in [-0.25, -0.2) is 4.39 Å². The van der Waals surface area contributed by atoms with Gasteiger partial charge in [-0.1, -0.05) is 6.07 Å². The van der Waals surface area contributed by atoms with E-state index in [1.54, 1.807) is 31.1 Å². The van der Waals surface area contributed by atoms with Gasteiger partial charge in [0.05, 0.1) is 5.69 Å². The first-order valence-electron chi connectivity index (χ1n) is 5.20. The average molecular weight is 235 g/mol. The van der Waals surface area contributed by atoms with Gasteiger partial charge < -0.3 is 10.2 Å². The Morgan fingerprint density at radius 3 is 2.88 bits per heavy atom. The summed E-state index contributed by atoms with van der Waals surface area (Å²) in [7, 11) is 3.28. The van der Waals surface area contributed by atoms with Crippen LogP contribution in [0.2, 0.25) is 0 Å². The molecule has 17 heavy (non-hydrogen) atoms. The summed E-state index contributed by atoms with van der Waals surface area (Å²) >= 11 is 0. The van der Waals surface area contributed by atoms with Gasteiger partial charge in [0.2, 0.25) is 5.91 Å². The number of amides is 1. The minimum Gasteiger partial charge on any atom is -0.373 e. The molecule has 5 heteroatoms. The Bertz CT molecular complexity index is 454. The van der Waals surface area contributed by atoms with Crippen molar-refractivity contribution in [2.24, 2.45) is 0 Å². The fourth-order valence-electron chi connectivity index (χ4n) is 1.46. The molecule has 4 nitrogen and oxygen atoms in total. The predicted molar refractivity (Wildman–Crippen MR) is 63.1 cm³/mol. The summed E-state index contributed by atoms with van der Waals surface area (Å²) in [5.41, 5.74) is 0.503. The van der Waals surface area contributed by atoms with Crippen molar-refractivity contribution in [3.63, 3.8) is 0 Å². The number of carbonyl (C=O) groups excluding carboxylic acids is 1. The Balaban J connectivity index is 2.82. The molecule has 0 radical (unpaired) electrons. The highest BCUT2D eigenvalue weighted by atomic mass is 19.1. The second kappa shape index (κ2) is 5.85. The molecule has 0 aromatic heterocycles. The number of nitrogens with zero attached hydrogens (tertiary/aromatic N) is 2. The Kier molecular flexibility index (Phi) is 4.46. The van der Waals surface area contributed by atoms with Gasteiger partial charge in [0.15, 0.2) is 0 Å². The maximum atomic E-state index is 13.3. The van der Waals surface area contributed by atoms with Gasteiger partial charge in [-0.2, -0.15) is 5.26 Å². The van der Waals surface area contributed by atoms with Crippen LogP contribution in [-0.2, 0) is 4.79 Å². The summed E-state index contributed by atoms with van der Waals surface area (Å²) in [5.74, 6) is -0.636. The summed E-state index contributed by atoms with van der Waals surface area (Å²) in [6.07, 6.45) is 0.300. The highest BCUT2D eigenvalue weighted by Gasteiger charge is 2.12. The number of nitriles is 1. The Hall–Kier alpha value is -2.09. The number of carbonyl (C=O) groups is 1. The lowest BCUT2D eigenvalue weighted by atomic mass is 10.1. The first-order chi connectivity index (χ1) is 8.10. The zero-order valence-electron chi connectivity index (χ0n) is 9.83. The number of hydrogen-bond acceptors (Lipinski definition) is 3. The lowest BCUT2D eigenvalue weighted by Crippen LogP contribution is -2.26. The van der Waals surface area contributed by atoms with E-state index in [-0.39, 0.29) is 11.5 Å². The fraction of sp³-hybridized carbons (Fsp3) is 0.333. The van der Waals surface area contributed by atoms with Crippen molar-refractivity contribution in [1.82, 2.24) is 5.32 Å². The molecule has 0 fully saturated rings. The summed E-state index contributed by atoms with van der Waals surface area (Å²) < 4.78 is 13.3. The van der Waals surface area contributed by atoms with Gasteiger partial charge in [0.25, 0.3) is 0 Å². The van der Waals surface area contributed by atoms with Crippen LogP contribution in [0.25, 0.3) is 0 Å². The summed E-state index contributed by atoms with van der Waals surface area (Å²) in [4.78, 5) is 12.8. The second-order valence-electron chi connectivity index (χ2n) is 3.59. The first-order valence-corrected chi connectivity index (χ1v) is 5.20. The molecule has 1 rings (SSSR count). The standard InChI is InChI=1S/C12H14FN3O/c1-15-12(17)6-7-16(2)11-5-3-4-10(13)9(11)8-14/h3-5H,6-7H2,1-2H3,(H,15,17). The highest BCUT2D eigenvalue weighted by molar-refractivity contribution is 5.76. The van der Waals surface area contributed by atoms with Crippen LogP contribution in [0, 0.1) is 17.1 Å². The van der Waals surface area contributed by atoms with Crippen LogP contribution in [0.1, 0.15) is 12.0 Å². The van der Waals surface area contributed by atoms with Crippen LogP contribution in [0.5, 0.6) is 0 Å². The molecule has 1 aromatic rings. The molecule has 0 spiro atoms. The molecule has 0 unspecified atom stereocenters. The lowest BCUT2D eigenvalue weighted by Gasteiger charge is -2.20. The van der Waals surface area contributed by atoms with Crippen LogP contribution in [0.3, 0.4) is 0 Å². The summed E-state index contributed by atoms with van der Waals surface area (Å²) in [6.45, 7) is 0.428. The largest absolute Gasteiger partial charge is 0.373 e. The van der Waals surface area contributed by atoms with E-state index in [1.165, 1.54) is 6.07 Å². The van der Waals surface area contributed by atoms with Crippen LogP contribution in [0.15, 0.2) is 18.2 Å². The third kappa shape index (κ3) is 3.18. The van der Waals surface area contributed by atoms with Crippen molar-refractivity contribution in [3.8, 4) is 6.07 Å². The summed E-state index contributed by atoms with van der Waals surface area (Å²) in [6, 6.07) is 6.28. The molecular weight excluding hydrogens is 221 g/mol. The minimum absolute atomic E-state index is 0.00640. The van der Waals surface area contributed by atoms with Crippen LogP contribution < -0.4 is 10.2 Å². The topological polar surface area (TPSA) is 56.1 Å².